The van der Waals surface area contributed by atoms with Crippen LogP contribution in [0.25, 0.3) is 0 Å². The van der Waals surface area contributed by atoms with Gasteiger partial charge in [-0.2, -0.15) is 0 Å². The molecule has 0 spiro atoms. The molecule has 1 aliphatic carbocycles. The number of aromatic hydroxyl groups is 2. The van der Waals surface area contributed by atoms with Gasteiger partial charge in [-0.15, -0.1) is 0 Å². The number of phenols is 2. The molecule has 3 heteroatoms. The van der Waals surface area contributed by atoms with Gasteiger partial charge in [0.05, 0.1) is 5.69 Å². The third-order valence-electron chi connectivity index (χ3n) is 5.65. The van der Waals surface area contributed by atoms with Crippen molar-refractivity contribution in [2.75, 3.05) is 12.4 Å². The number of nitrogens with one attached hydrogen (secondary N) is 1. The topological polar surface area (TPSA) is 52.5 Å². The smallest absolute Gasteiger partial charge is 0.142 e. The van der Waals surface area contributed by atoms with Gasteiger partial charge in [-0.3, -0.25) is 0 Å². The van der Waals surface area contributed by atoms with Crippen LogP contribution in [-0.4, -0.2) is 17.3 Å². The van der Waals surface area contributed by atoms with Gasteiger partial charge >= 0.3 is 0 Å². The first-order valence-corrected chi connectivity index (χ1v) is 9.18. The van der Waals surface area contributed by atoms with Crippen LogP contribution in [0.5, 0.6) is 11.5 Å². The molecule has 134 valence electrons. The standard InChI is InChI=1S/C21H33NO2/c1-12(2)8-7-9-13(3)16-11-10-14(4)17-18(16)20(23)15(5)19(22-6)21(17)24/h8,13-14,16,22-24H,7,9-11H2,1-6H3. The normalized spacial score (nSPS) is 21.1. The molecule has 3 unspecified atom stereocenters. The average molecular weight is 332 g/mol. The Morgan fingerprint density at radius 3 is 2.46 bits per heavy atom. The Labute approximate surface area is 146 Å². The molecule has 0 saturated heterocycles. The lowest BCUT2D eigenvalue weighted by Crippen LogP contribution is -2.20. The second kappa shape index (κ2) is 7.50. The molecule has 1 aromatic rings. The van der Waals surface area contributed by atoms with Crippen molar-refractivity contribution < 1.29 is 10.2 Å². The predicted octanol–water partition coefficient (Wildman–Crippen LogP) is 5.81. The number of hydrogen-bond acceptors (Lipinski definition) is 3. The monoisotopic (exact) mass is 331 g/mol. The number of fused-ring (bicyclic) bond motifs is 1. The molecule has 0 amide bonds. The summed E-state index contributed by atoms with van der Waals surface area (Å²) in [5.41, 5.74) is 4.72. The first kappa shape index (κ1) is 18.7. The van der Waals surface area contributed by atoms with Crippen molar-refractivity contribution in [2.45, 2.75) is 72.1 Å². The number of anilines is 1. The molecule has 0 saturated carbocycles. The third kappa shape index (κ3) is 3.40. The minimum atomic E-state index is 0.278. The Hall–Kier alpha value is -1.64. The van der Waals surface area contributed by atoms with Crippen LogP contribution in [0.2, 0.25) is 0 Å². The molecule has 0 aliphatic heterocycles. The van der Waals surface area contributed by atoms with Crippen LogP contribution in [0, 0.1) is 12.8 Å². The van der Waals surface area contributed by atoms with E-state index in [-0.39, 0.29) is 5.92 Å². The van der Waals surface area contributed by atoms with Gasteiger partial charge in [0.1, 0.15) is 11.5 Å². The fourth-order valence-corrected chi connectivity index (χ4v) is 4.19. The van der Waals surface area contributed by atoms with Gasteiger partial charge in [-0.25, -0.2) is 0 Å². The summed E-state index contributed by atoms with van der Waals surface area (Å²) in [4.78, 5) is 0. The molecule has 1 aliphatic rings. The van der Waals surface area contributed by atoms with E-state index in [2.05, 4.69) is 39.1 Å². The summed E-state index contributed by atoms with van der Waals surface area (Å²) in [6.07, 6.45) is 6.61. The van der Waals surface area contributed by atoms with E-state index in [0.29, 0.717) is 29.0 Å². The van der Waals surface area contributed by atoms with Gasteiger partial charge in [0.2, 0.25) is 0 Å². The van der Waals surface area contributed by atoms with Crippen LogP contribution in [0.3, 0.4) is 0 Å². The van der Waals surface area contributed by atoms with E-state index in [9.17, 15) is 10.2 Å². The van der Waals surface area contributed by atoms with Crippen molar-refractivity contribution in [3.05, 3.63) is 28.3 Å². The fourth-order valence-electron chi connectivity index (χ4n) is 4.19. The average Bonchev–Trinajstić information content (AvgIpc) is 2.52. The molecule has 24 heavy (non-hydrogen) atoms. The molecule has 1 aromatic carbocycles. The van der Waals surface area contributed by atoms with E-state index in [1.54, 1.807) is 7.05 Å². The maximum absolute atomic E-state index is 10.9. The Morgan fingerprint density at radius 1 is 1.21 bits per heavy atom. The highest BCUT2D eigenvalue weighted by molar-refractivity contribution is 5.72. The molecule has 3 nitrogen and oxygen atoms in total. The van der Waals surface area contributed by atoms with Crippen LogP contribution in [0.15, 0.2) is 11.6 Å². The van der Waals surface area contributed by atoms with Crippen LogP contribution < -0.4 is 5.32 Å². The molecule has 0 aromatic heterocycles. The maximum atomic E-state index is 10.9. The highest BCUT2D eigenvalue weighted by Crippen LogP contribution is 2.54. The molecule has 2 rings (SSSR count). The van der Waals surface area contributed by atoms with E-state index in [0.717, 1.165) is 42.4 Å². The van der Waals surface area contributed by atoms with Crippen molar-refractivity contribution in [3.8, 4) is 11.5 Å². The van der Waals surface area contributed by atoms with Crippen LogP contribution in [-0.2, 0) is 0 Å². The molecule has 0 heterocycles. The fraction of sp³-hybridized carbons (Fsp3) is 0.619. The first-order chi connectivity index (χ1) is 11.3. The Bertz CT molecular complexity index is 629. The van der Waals surface area contributed by atoms with E-state index >= 15 is 0 Å². The zero-order valence-corrected chi connectivity index (χ0v) is 16.0. The second-order valence-corrected chi connectivity index (χ2v) is 7.70. The lowest BCUT2D eigenvalue weighted by Gasteiger charge is -2.36. The Balaban J connectivity index is 2.44. The van der Waals surface area contributed by atoms with Crippen molar-refractivity contribution in [1.82, 2.24) is 0 Å². The Kier molecular flexibility index (Phi) is 5.84. The van der Waals surface area contributed by atoms with Crippen molar-refractivity contribution in [3.63, 3.8) is 0 Å². The van der Waals surface area contributed by atoms with E-state index < -0.39 is 0 Å². The summed E-state index contributed by atoms with van der Waals surface area (Å²) in [7, 11) is 1.79. The van der Waals surface area contributed by atoms with Crippen LogP contribution >= 0.6 is 0 Å². The highest BCUT2D eigenvalue weighted by Gasteiger charge is 2.35. The third-order valence-corrected chi connectivity index (χ3v) is 5.65. The van der Waals surface area contributed by atoms with Gasteiger partial charge in [0.15, 0.2) is 0 Å². The van der Waals surface area contributed by atoms with Gasteiger partial charge in [0.25, 0.3) is 0 Å². The molecular weight excluding hydrogens is 298 g/mol. The quantitative estimate of drug-likeness (QED) is 0.362. The maximum Gasteiger partial charge on any atom is 0.142 e. The SMILES string of the molecule is CNc1c(C)c(O)c2c(c1O)C(C)CCC2C(C)CCC=C(C)C. The summed E-state index contributed by atoms with van der Waals surface area (Å²) in [6, 6.07) is 0. The summed E-state index contributed by atoms with van der Waals surface area (Å²) >= 11 is 0. The lowest BCUT2D eigenvalue weighted by atomic mass is 9.70. The zero-order chi connectivity index (χ0) is 18.0. The summed E-state index contributed by atoms with van der Waals surface area (Å²) in [5.74, 6) is 1.78. The number of benzene rings is 1. The molecule has 3 N–H and O–H groups in total. The van der Waals surface area contributed by atoms with Gasteiger partial charge < -0.3 is 15.5 Å². The van der Waals surface area contributed by atoms with Crippen LogP contribution in [0.4, 0.5) is 5.69 Å². The van der Waals surface area contributed by atoms with Crippen LogP contribution in [0.1, 0.15) is 81.9 Å². The molecule has 0 radical (unpaired) electrons. The zero-order valence-electron chi connectivity index (χ0n) is 16.0. The lowest BCUT2D eigenvalue weighted by molar-refractivity contribution is 0.344. The number of hydrogen-bond donors (Lipinski definition) is 3. The highest BCUT2D eigenvalue weighted by atomic mass is 16.3. The molecule has 3 atom stereocenters. The van der Waals surface area contributed by atoms with E-state index in [4.69, 9.17) is 0 Å². The van der Waals surface area contributed by atoms with Gasteiger partial charge in [-0.1, -0.05) is 25.5 Å². The first-order valence-electron chi connectivity index (χ1n) is 9.18. The minimum Gasteiger partial charge on any atom is -0.507 e. The summed E-state index contributed by atoms with van der Waals surface area (Å²) in [5, 5.41) is 24.7. The molecule has 0 bridgehead atoms. The number of allylic oxidation sites excluding steroid dienone is 2. The summed E-state index contributed by atoms with van der Waals surface area (Å²) < 4.78 is 0. The van der Waals surface area contributed by atoms with Crippen molar-refractivity contribution in [2.24, 2.45) is 5.92 Å². The molecular formula is C21H33NO2. The van der Waals surface area contributed by atoms with Gasteiger partial charge in [-0.05, 0) is 64.2 Å². The second-order valence-electron chi connectivity index (χ2n) is 7.70. The van der Waals surface area contributed by atoms with E-state index in [1.165, 1.54) is 5.57 Å². The molecule has 0 fully saturated rings. The van der Waals surface area contributed by atoms with E-state index in [1.807, 2.05) is 6.92 Å². The number of rotatable bonds is 5. The largest absolute Gasteiger partial charge is 0.507 e. The Morgan fingerprint density at radius 2 is 1.88 bits per heavy atom. The van der Waals surface area contributed by atoms with Gasteiger partial charge in [0, 0.05) is 23.7 Å². The summed E-state index contributed by atoms with van der Waals surface area (Å²) in [6.45, 7) is 10.6. The number of phenolic OH excluding ortho intramolecular Hbond substituents is 2. The minimum absolute atomic E-state index is 0.278. The van der Waals surface area contributed by atoms with Crippen molar-refractivity contribution >= 4 is 5.69 Å². The van der Waals surface area contributed by atoms with Crippen molar-refractivity contribution in [1.29, 1.82) is 0 Å². The predicted molar refractivity (Wildman–Crippen MR) is 102 cm³/mol.